The number of hydrogen-bond donors (Lipinski definition) is 1. The van der Waals surface area contributed by atoms with Crippen LogP contribution in [0.2, 0.25) is 0 Å². The van der Waals surface area contributed by atoms with Crippen LogP contribution in [0.3, 0.4) is 0 Å². The van der Waals surface area contributed by atoms with Gasteiger partial charge in [-0.25, -0.2) is 13.0 Å². The molecule has 0 aromatic heterocycles. The number of nitrogens with zero attached hydrogens (tertiary/aromatic N) is 3. The van der Waals surface area contributed by atoms with Crippen molar-refractivity contribution in [2.24, 2.45) is 0 Å². The van der Waals surface area contributed by atoms with Crippen LogP contribution in [0.15, 0.2) is 137 Å². The van der Waals surface area contributed by atoms with E-state index < -0.39 is 20.2 Å². The molecule has 5 rings (SSSR count). The summed E-state index contributed by atoms with van der Waals surface area (Å²) in [6.07, 6.45) is 8.41. The molecule has 0 saturated heterocycles. The van der Waals surface area contributed by atoms with E-state index in [4.69, 9.17) is 0 Å². The Morgan fingerprint density at radius 1 is 0.667 bits per heavy atom. The molecule has 261 valence electrons. The van der Waals surface area contributed by atoms with Gasteiger partial charge < -0.3 is 14.4 Å². The van der Waals surface area contributed by atoms with Crippen LogP contribution < -0.4 is 9.80 Å². The Bertz CT molecular complexity index is 2060. The maximum atomic E-state index is 11.7. The quantitative estimate of drug-likeness (QED) is 0.105. The molecule has 0 saturated carbocycles. The molecule has 0 unspecified atom stereocenters. The standard InChI is InChI=1S/C39H41N3O6S2.Na/c1-5-41(27-29-9-7-11-37(25-29)49(43,44)45)35-21-15-32(16-22-35)39(31-13-19-34(20-14-31)40(3)4)33-17-23-36(24-18-33)42(6-2)28-30-10-8-12-38(26-30)50(46,47)48;/h7-26H,5-6,27-28H2,1-4H3,(H-,43,44,45,46,47,48);. The number of rotatable bonds is 12. The summed E-state index contributed by atoms with van der Waals surface area (Å²) in [5.41, 5.74) is 8.65. The largest absolute Gasteiger partial charge is 0.744 e. The van der Waals surface area contributed by atoms with Crippen molar-refractivity contribution in [3.8, 4) is 0 Å². The molecular formula is C39H41N3NaO6S2. The Morgan fingerprint density at radius 2 is 1.10 bits per heavy atom. The molecule has 0 bridgehead atoms. The second-order valence-electron chi connectivity index (χ2n) is 12.2. The molecule has 4 aromatic carbocycles. The molecule has 51 heavy (non-hydrogen) atoms. The van der Waals surface area contributed by atoms with Gasteiger partial charge in [0.05, 0.1) is 9.79 Å². The average Bonchev–Trinajstić information content (AvgIpc) is 3.10. The molecule has 12 heteroatoms. The van der Waals surface area contributed by atoms with Gasteiger partial charge in [-0.2, -0.15) is 8.42 Å². The number of anilines is 2. The molecule has 0 aliphatic heterocycles. The number of allylic oxidation sites excluding steroid dienone is 5. The van der Waals surface area contributed by atoms with Gasteiger partial charge in [-0.1, -0.05) is 48.5 Å². The van der Waals surface area contributed by atoms with E-state index in [2.05, 4.69) is 87.2 Å². The molecule has 0 amide bonds. The van der Waals surface area contributed by atoms with Gasteiger partial charge >= 0.3 is 0 Å². The zero-order valence-electron chi connectivity index (χ0n) is 29.5. The van der Waals surface area contributed by atoms with Crippen molar-refractivity contribution >= 4 is 72.5 Å². The molecule has 4 aromatic rings. The zero-order chi connectivity index (χ0) is 36.1. The SMILES string of the molecule is CCN(Cc1cccc(S(=O)(=O)[O-])c1)c1ccc(C(=C2C=CC(=[N+](C)C)C=C2)c2ccc(N(CC)Cc3cccc(S(=O)(=O)O)c3)cc2)cc1.[Na]. The molecule has 0 heterocycles. The first-order valence-corrected chi connectivity index (χ1v) is 19.1. The second kappa shape index (κ2) is 17.1. The van der Waals surface area contributed by atoms with E-state index in [0.29, 0.717) is 26.2 Å². The fourth-order valence-corrected chi connectivity index (χ4v) is 7.01. The Morgan fingerprint density at radius 3 is 1.49 bits per heavy atom. The van der Waals surface area contributed by atoms with Gasteiger partial charge in [-0.15, -0.1) is 0 Å². The Balaban J connectivity index is 0.00000583. The first kappa shape index (κ1) is 40.0. The van der Waals surface area contributed by atoms with Gasteiger partial charge in [0.15, 0.2) is 5.71 Å². The molecule has 0 spiro atoms. The summed E-state index contributed by atoms with van der Waals surface area (Å²) < 4.78 is 69.7. The van der Waals surface area contributed by atoms with Gasteiger partial charge in [0.1, 0.15) is 24.2 Å². The molecule has 1 aliphatic carbocycles. The van der Waals surface area contributed by atoms with Crippen LogP contribution in [0.5, 0.6) is 0 Å². The normalized spacial score (nSPS) is 12.7. The minimum Gasteiger partial charge on any atom is -0.744 e. The predicted octanol–water partition coefficient (Wildman–Crippen LogP) is 6.15. The molecular weight excluding hydrogens is 694 g/mol. The summed E-state index contributed by atoms with van der Waals surface area (Å²) in [7, 11) is -4.83. The first-order chi connectivity index (χ1) is 23.8. The van der Waals surface area contributed by atoms with Gasteiger partial charge in [0, 0.05) is 79.3 Å². The van der Waals surface area contributed by atoms with Crippen molar-refractivity contribution in [1.29, 1.82) is 0 Å². The molecule has 0 atom stereocenters. The molecule has 9 nitrogen and oxygen atoms in total. The van der Waals surface area contributed by atoms with Crippen molar-refractivity contribution in [1.82, 2.24) is 0 Å². The first-order valence-electron chi connectivity index (χ1n) is 16.2. The smallest absolute Gasteiger partial charge is 0.294 e. The van der Waals surface area contributed by atoms with Crippen molar-refractivity contribution < 1.29 is 30.5 Å². The third-order valence-corrected chi connectivity index (χ3v) is 10.3. The van der Waals surface area contributed by atoms with E-state index in [1.165, 1.54) is 24.3 Å². The molecule has 0 fully saturated rings. The van der Waals surface area contributed by atoms with Crippen LogP contribution in [0, 0.1) is 0 Å². The van der Waals surface area contributed by atoms with Crippen molar-refractivity contribution in [3.05, 3.63) is 149 Å². The average molecular weight is 735 g/mol. The van der Waals surface area contributed by atoms with Crippen molar-refractivity contribution in [2.45, 2.75) is 36.7 Å². The third-order valence-electron chi connectivity index (χ3n) is 8.61. The molecule has 1 aliphatic rings. The summed E-state index contributed by atoms with van der Waals surface area (Å²) in [6.45, 7) is 6.33. The maximum absolute atomic E-state index is 11.7. The summed E-state index contributed by atoms with van der Waals surface area (Å²) in [5, 5.41) is 0. The summed E-state index contributed by atoms with van der Waals surface area (Å²) in [4.78, 5) is 3.89. The Hall–Kier alpha value is -3.81. The number of hydrogen-bond acceptors (Lipinski definition) is 7. The van der Waals surface area contributed by atoms with E-state index in [1.807, 2.05) is 40.1 Å². The van der Waals surface area contributed by atoms with E-state index in [9.17, 15) is 25.9 Å². The van der Waals surface area contributed by atoms with Crippen molar-refractivity contribution in [3.63, 3.8) is 0 Å². The zero-order valence-corrected chi connectivity index (χ0v) is 33.2. The maximum Gasteiger partial charge on any atom is 0.294 e. The fraction of sp³-hybridized carbons (Fsp3) is 0.205. The fourth-order valence-electron chi connectivity index (χ4n) is 5.92. The van der Waals surface area contributed by atoms with Crippen LogP contribution in [-0.2, 0) is 33.3 Å². The predicted molar refractivity (Wildman–Crippen MR) is 204 cm³/mol. The topological polar surface area (TPSA) is 121 Å². The minimum absolute atomic E-state index is 0. The summed E-state index contributed by atoms with van der Waals surface area (Å²) >= 11 is 0. The third kappa shape index (κ3) is 10.2. The Kier molecular flexibility index (Phi) is 13.4. The van der Waals surface area contributed by atoms with Crippen LogP contribution in [-0.4, -0.2) is 93.0 Å². The van der Waals surface area contributed by atoms with Crippen LogP contribution in [0.1, 0.15) is 36.1 Å². The van der Waals surface area contributed by atoms with Crippen LogP contribution in [0.4, 0.5) is 11.4 Å². The number of benzene rings is 4. The monoisotopic (exact) mass is 734 g/mol. The summed E-state index contributed by atoms with van der Waals surface area (Å²) in [5.74, 6) is 0. The molecule has 1 radical (unpaired) electrons. The van der Waals surface area contributed by atoms with Gasteiger partial charge in [0.25, 0.3) is 10.1 Å². The second-order valence-corrected chi connectivity index (χ2v) is 15.0. The molecule has 1 N–H and O–H groups in total. The van der Waals surface area contributed by atoms with E-state index in [0.717, 1.165) is 50.5 Å². The van der Waals surface area contributed by atoms with Gasteiger partial charge in [-0.3, -0.25) is 4.55 Å². The Labute approximate surface area is 323 Å². The minimum atomic E-state index is -4.54. The van der Waals surface area contributed by atoms with E-state index in [-0.39, 0.29) is 39.3 Å². The summed E-state index contributed by atoms with van der Waals surface area (Å²) in [6, 6.07) is 29.1. The van der Waals surface area contributed by atoms with E-state index >= 15 is 0 Å². The van der Waals surface area contributed by atoms with Gasteiger partial charge in [0.2, 0.25) is 0 Å². The van der Waals surface area contributed by atoms with Crippen molar-refractivity contribution in [2.75, 3.05) is 37.0 Å². The van der Waals surface area contributed by atoms with Crippen LogP contribution in [0.25, 0.3) is 5.57 Å². The van der Waals surface area contributed by atoms with Gasteiger partial charge in [-0.05, 0) is 108 Å². The van der Waals surface area contributed by atoms with E-state index in [1.54, 1.807) is 12.1 Å². The van der Waals surface area contributed by atoms with Crippen LogP contribution >= 0.6 is 0 Å².